The lowest BCUT2D eigenvalue weighted by atomic mass is 10.2. The van der Waals surface area contributed by atoms with Gasteiger partial charge < -0.3 is 19.5 Å². The molecule has 2 aromatic rings. The maximum Gasteiger partial charge on any atom is 0.251 e. The molecule has 1 N–H and O–H groups in total. The Morgan fingerprint density at radius 2 is 1.88 bits per heavy atom. The van der Waals surface area contributed by atoms with Crippen molar-refractivity contribution in [1.82, 2.24) is 5.32 Å². The van der Waals surface area contributed by atoms with Crippen LogP contribution in [0, 0.1) is 5.82 Å². The highest BCUT2D eigenvalue weighted by Gasteiger charge is 2.15. The molecular weight excluding hydrogens is 405 g/mol. The smallest absolute Gasteiger partial charge is 0.251 e. The molecule has 0 saturated carbocycles. The third kappa shape index (κ3) is 5.62. The van der Waals surface area contributed by atoms with Gasteiger partial charge in [-0.3, -0.25) is 4.79 Å². The van der Waals surface area contributed by atoms with Crippen LogP contribution in [0.15, 0.2) is 40.9 Å². The standard InChI is InChI=1S/C19H21BrFNO4/c1-3-9-26-18-16(20)11-13(12-17(18)24-2)19(23)22-8-10-25-15-6-4-14(21)5-7-15/h4-7,11-12H,3,8-10H2,1-2H3,(H,22,23). The highest BCUT2D eigenvalue weighted by Crippen LogP contribution is 2.36. The van der Waals surface area contributed by atoms with Gasteiger partial charge in [0.15, 0.2) is 11.5 Å². The van der Waals surface area contributed by atoms with Crippen molar-refractivity contribution in [1.29, 1.82) is 0 Å². The van der Waals surface area contributed by atoms with Crippen molar-refractivity contribution in [2.75, 3.05) is 26.9 Å². The highest BCUT2D eigenvalue weighted by atomic mass is 79.9. The Balaban J connectivity index is 1.92. The van der Waals surface area contributed by atoms with Crippen molar-refractivity contribution in [3.8, 4) is 17.2 Å². The van der Waals surface area contributed by atoms with Crippen molar-refractivity contribution in [3.05, 3.63) is 52.3 Å². The Morgan fingerprint density at radius 3 is 2.54 bits per heavy atom. The lowest BCUT2D eigenvalue weighted by Gasteiger charge is -2.14. The van der Waals surface area contributed by atoms with E-state index < -0.39 is 0 Å². The molecule has 140 valence electrons. The number of halogens is 2. The number of rotatable bonds is 9. The zero-order chi connectivity index (χ0) is 18.9. The molecule has 2 rings (SSSR count). The normalized spacial score (nSPS) is 10.3. The number of amides is 1. The van der Waals surface area contributed by atoms with Crippen molar-refractivity contribution < 1.29 is 23.4 Å². The molecule has 26 heavy (non-hydrogen) atoms. The number of hydrogen-bond acceptors (Lipinski definition) is 4. The average molecular weight is 426 g/mol. The minimum atomic E-state index is -0.323. The largest absolute Gasteiger partial charge is 0.493 e. The van der Waals surface area contributed by atoms with Crippen LogP contribution < -0.4 is 19.5 Å². The quantitative estimate of drug-likeness (QED) is 0.611. The molecule has 1 amide bonds. The summed E-state index contributed by atoms with van der Waals surface area (Å²) in [5.74, 6) is 1.03. The first-order valence-corrected chi connectivity index (χ1v) is 9.01. The van der Waals surface area contributed by atoms with Gasteiger partial charge >= 0.3 is 0 Å². The Hall–Kier alpha value is -2.28. The van der Waals surface area contributed by atoms with E-state index in [-0.39, 0.29) is 18.3 Å². The van der Waals surface area contributed by atoms with E-state index in [0.717, 1.165) is 6.42 Å². The zero-order valence-electron chi connectivity index (χ0n) is 14.7. The fourth-order valence-electron chi connectivity index (χ4n) is 2.16. The van der Waals surface area contributed by atoms with Crippen LogP contribution in [0.3, 0.4) is 0 Å². The Bertz CT molecular complexity index is 737. The minimum Gasteiger partial charge on any atom is -0.493 e. The van der Waals surface area contributed by atoms with Gasteiger partial charge in [0, 0.05) is 5.56 Å². The van der Waals surface area contributed by atoms with Crippen LogP contribution in [-0.4, -0.2) is 32.8 Å². The van der Waals surface area contributed by atoms with Crippen LogP contribution in [0.2, 0.25) is 0 Å². The summed E-state index contributed by atoms with van der Waals surface area (Å²) in [6.45, 7) is 3.15. The molecule has 0 aromatic heterocycles. The maximum absolute atomic E-state index is 12.8. The van der Waals surface area contributed by atoms with Gasteiger partial charge in [-0.1, -0.05) is 6.92 Å². The van der Waals surface area contributed by atoms with Crippen LogP contribution in [-0.2, 0) is 0 Å². The summed E-state index contributed by atoms with van der Waals surface area (Å²) in [4.78, 5) is 12.3. The predicted molar refractivity (Wildman–Crippen MR) is 101 cm³/mol. The van der Waals surface area contributed by atoms with Crippen LogP contribution in [0.1, 0.15) is 23.7 Å². The summed E-state index contributed by atoms with van der Waals surface area (Å²) >= 11 is 3.42. The number of ether oxygens (including phenoxy) is 3. The highest BCUT2D eigenvalue weighted by molar-refractivity contribution is 9.10. The number of hydrogen-bond donors (Lipinski definition) is 1. The summed E-state index contributed by atoms with van der Waals surface area (Å²) in [6.07, 6.45) is 0.867. The molecule has 0 spiro atoms. The number of methoxy groups -OCH3 is 1. The molecule has 2 aromatic carbocycles. The van der Waals surface area contributed by atoms with Crippen molar-refractivity contribution in [3.63, 3.8) is 0 Å². The number of carbonyl (C=O) groups is 1. The van der Waals surface area contributed by atoms with Gasteiger partial charge in [-0.15, -0.1) is 0 Å². The van der Waals surface area contributed by atoms with E-state index in [9.17, 15) is 9.18 Å². The first-order valence-electron chi connectivity index (χ1n) is 8.22. The molecule has 0 fully saturated rings. The summed E-state index contributed by atoms with van der Waals surface area (Å²) in [5.41, 5.74) is 0.444. The van der Waals surface area contributed by atoms with Crippen LogP contribution in [0.25, 0.3) is 0 Å². The second kappa shape index (κ2) is 10.0. The van der Waals surface area contributed by atoms with Crippen molar-refractivity contribution in [2.24, 2.45) is 0 Å². The minimum absolute atomic E-state index is 0.256. The first-order chi connectivity index (χ1) is 12.5. The van der Waals surface area contributed by atoms with Gasteiger partial charge in [0.05, 0.1) is 24.7 Å². The fraction of sp³-hybridized carbons (Fsp3) is 0.316. The molecule has 7 heteroatoms. The number of benzene rings is 2. The van der Waals surface area contributed by atoms with E-state index in [1.165, 1.54) is 31.4 Å². The second-order valence-corrected chi connectivity index (χ2v) is 6.25. The Kier molecular flexibility index (Phi) is 7.72. The molecule has 0 heterocycles. The average Bonchev–Trinajstić information content (AvgIpc) is 2.64. The van der Waals surface area contributed by atoms with Gasteiger partial charge in [-0.25, -0.2) is 4.39 Å². The van der Waals surface area contributed by atoms with Gasteiger partial charge in [-0.2, -0.15) is 0 Å². The monoisotopic (exact) mass is 425 g/mol. The molecular formula is C19H21BrFNO4. The summed E-state index contributed by atoms with van der Waals surface area (Å²) in [6, 6.07) is 9.03. The van der Waals surface area contributed by atoms with Gasteiger partial charge in [-0.05, 0) is 58.7 Å². The van der Waals surface area contributed by atoms with Crippen LogP contribution in [0.4, 0.5) is 4.39 Å². The SMILES string of the molecule is CCCOc1c(Br)cc(C(=O)NCCOc2ccc(F)cc2)cc1OC. The topological polar surface area (TPSA) is 56.8 Å². The summed E-state index contributed by atoms with van der Waals surface area (Å²) < 4.78 is 29.9. The predicted octanol–water partition coefficient (Wildman–Crippen LogP) is 4.19. The third-order valence-corrected chi connectivity index (χ3v) is 4.00. The molecule has 0 aliphatic rings. The van der Waals surface area contributed by atoms with E-state index in [4.69, 9.17) is 14.2 Å². The van der Waals surface area contributed by atoms with Crippen molar-refractivity contribution >= 4 is 21.8 Å². The van der Waals surface area contributed by atoms with E-state index in [2.05, 4.69) is 21.2 Å². The van der Waals surface area contributed by atoms with Gasteiger partial charge in [0.25, 0.3) is 5.91 Å². The van der Waals surface area contributed by atoms with Crippen molar-refractivity contribution in [2.45, 2.75) is 13.3 Å². The third-order valence-electron chi connectivity index (χ3n) is 3.41. The molecule has 0 aliphatic carbocycles. The van der Waals surface area contributed by atoms with E-state index in [1.807, 2.05) is 6.92 Å². The molecule has 0 radical (unpaired) electrons. The fourth-order valence-corrected chi connectivity index (χ4v) is 2.72. The Morgan fingerprint density at radius 1 is 1.15 bits per heavy atom. The van der Waals surface area contributed by atoms with E-state index in [0.29, 0.717) is 40.4 Å². The summed E-state index contributed by atoms with van der Waals surface area (Å²) in [7, 11) is 1.53. The molecule has 0 atom stereocenters. The Labute approximate surface area is 160 Å². The van der Waals surface area contributed by atoms with E-state index >= 15 is 0 Å². The summed E-state index contributed by atoms with van der Waals surface area (Å²) in [5, 5.41) is 2.77. The molecule has 0 aliphatic heterocycles. The number of carbonyl (C=O) groups excluding carboxylic acids is 1. The van der Waals surface area contributed by atoms with Crippen LogP contribution in [0.5, 0.6) is 17.2 Å². The zero-order valence-corrected chi connectivity index (χ0v) is 16.3. The maximum atomic E-state index is 12.8. The van der Waals surface area contributed by atoms with Crippen LogP contribution >= 0.6 is 15.9 Å². The van der Waals surface area contributed by atoms with Gasteiger partial charge in [0.2, 0.25) is 0 Å². The second-order valence-electron chi connectivity index (χ2n) is 5.40. The molecule has 0 unspecified atom stereocenters. The van der Waals surface area contributed by atoms with E-state index in [1.54, 1.807) is 12.1 Å². The lowest BCUT2D eigenvalue weighted by Crippen LogP contribution is -2.28. The molecule has 0 saturated heterocycles. The van der Waals surface area contributed by atoms with Gasteiger partial charge in [0.1, 0.15) is 18.2 Å². The lowest BCUT2D eigenvalue weighted by molar-refractivity contribution is 0.0946. The number of nitrogens with one attached hydrogen (secondary N) is 1. The molecule has 0 bridgehead atoms. The first kappa shape index (κ1) is 20.0. The molecule has 5 nitrogen and oxygen atoms in total.